The highest BCUT2D eigenvalue weighted by Crippen LogP contribution is 2.30. The topological polar surface area (TPSA) is 121 Å². The SMILES string of the molecule is CCOCCOc1ccc(C(N)=O)cc1.OCCc1nc(-c2ccc(C(F)(F)F)cc2)no1. The Hall–Kier alpha value is -3.44. The average Bonchev–Trinajstić information content (AvgIpc) is 3.26. The number of aliphatic hydroxyl groups is 1. The lowest BCUT2D eigenvalue weighted by Crippen LogP contribution is -2.10. The van der Waals surface area contributed by atoms with Gasteiger partial charge >= 0.3 is 6.18 Å². The molecule has 0 aliphatic carbocycles. The van der Waals surface area contributed by atoms with Crippen LogP contribution in [0.5, 0.6) is 5.75 Å². The summed E-state index contributed by atoms with van der Waals surface area (Å²) < 4.78 is 52.3. The fourth-order valence-corrected chi connectivity index (χ4v) is 2.46. The number of nitrogens with zero attached hydrogens (tertiary/aromatic N) is 2. The minimum absolute atomic E-state index is 0.130. The van der Waals surface area contributed by atoms with Gasteiger partial charge in [-0.3, -0.25) is 4.79 Å². The first-order valence-corrected chi connectivity index (χ1v) is 9.96. The lowest BCUT2D eigenvalue weighted by atomic mass is 10.1. The Labute approximate surface area is 188 Å². The number of halogens is 3. The van der Waals surface area contributed by atoms with Crippen LogP contribution < -0.4 is 10.5 Å². The molecule has 0 radical (unpaired) electrons. The lowest BCUT2D eigenvalue weighted by Gasteiger charge is -2.06. The van der Waals surface area contributed by atoms with Crippen LogP contribution in [0.25, 0.3) is 11.4 Å². The molecule has 2 aromatic carbocycles. The van der Waals surface area contributed by atoms with Crippen molar-refractivity contribution in [2.75, 3.05) is 26.4 Å². The molecule has 0 unspecified atom stereocenters. The summed E-state index contributed by atoms with van der Waals surface area (Å²) in [6.45, 7) is 3.55. The summed E-state index contributed by atoms with van der Waals surface area (Å²) in [6.07, 6.45) is -4.15. The molecule has 0 atom stereocenters. The molecule has 1 aromatic heterocycles. The largest absolute Gasteiger partial charge is 0.491 e. The molecular formula is C22H24F3N3O5. The van der Waals surface area contributed by atoms with E-state index < -0.39 is 17.6 Å². The number of hydrogen-bond acceptors (Lipinski definition) is 7. The minimum atomic E-state index is -4.36. The van der Waals surface area contributed by atoms with E-state index >= 15 is 0 Å². The fraction of sp³-hybridized carbons (Fsp3) is 0.318. The zero-order valence-electron chi connectivity index (χ0n) is 17.8. The summed E-state index contributed by atoms with van der Waals surface area (Å²) in [7, 11) is 0. The normalized spacial score (nSPS) is 10.9. The van der Waals surface area contributed by atoms with E-state index in [-0.39, 0.29) is 24.7 Å². The maximum absolute atomic E-state index is 12.3. The summed E-state index contributed by atoms with van der Waals surface area (Å²) in [5, 5.41) is 12.3. The highest BCUT2D eigenvalue weighted by molar-refractivity contribution is 5.92. The summed E-state index contributed by atoms with van der Waals surface area (Å²) in [5.74, 6) is 0.718. The molecular weight excluding hydrogens is 443 g/mol. The molecule has 0 saturated heterocycles. The van der Waals surface area contributed by atoms with E-state index in [1.807, 2.05) is 6.92 Å². The third-order valence-electron chi connectivity index (χ3n) is 4.10. The van der Waals surface area contributed by atoms with Gasteiger partial charge in [0.05, 0.1) is 25.2 Å². The highest BCUT2D eigenvalue weighted by Gasteiger charge is 2.30. The number of aromatic nitrogens is 2. The molecule has 0 aliphatic rings. The number of hydrogen-bond donors (Lipinski definition) is 2. The van der Waals surface area contributed by atoms with Gasteiger partial charge in [0.2, 0.25) is 17.6 Å². The van der Waals surface area contributed by atoms with Gasteiger partial charge in [-0.15, -0.1) is 0 Å². The molecule has 178 valence electrons. The number of rotatable bonds is 9. The molecule has 3 aromatic rings. The number of alkyl halides is 3. The minimum Gasteiger partial charge on any atom is -0.491 e. The van der Waals surface area contributed by atoms with Crippen LogP contribution in [-0.2, 0) is 17.3 Å². The van der Waals surface area contributed by atoms with Crippen LogP contribution >= 0.6 is 0 Å². The monoisotopic (exact) mass is 467 g/mol. The smallest absolute Gasteiger partial charge is 0.416 e. The molecule has 33 heavy (non-hydrogen) atoms. The summed E-state index contributed by atoms with van der Waals surface area (Å²) in [6, 6.07) is 11.2. The molecule has 0 fully saturated rings. The summed E-state index contributed by atoms with van der Waals surface area (Å²) in [4.78, 5) is 14.7. The predicted molar refractivity (Wildman–Crippen MR) is 112 cm³/mol. The quantitative estimate of drug-likeness (QED) is 0.462. The van der Waals surface area contributed by atoms with Crippen LogP contribution in [0.15, 0.2) is 53.1 Å². The second-order valence-electron chi connectivity index (χ2n) is 6.49. The van der Waals surface area contributed by atoms with Gasteiger partial charge in [-0.05, 0) is 43.3 Å². The average molecular weight is 467 g/mol. The van der Waals surface area contributed by atoms with E-state index in [4.69, 9.17) is 24.8 Å². The number of amides is 1. The number of carbonyl (C=O) groups excluding carboxylic acids is 1. The van der Waals surface area contributed by atoms with E-state index in [2.05, 4.69) is 10.1 Å². The van der Waals surface area contributed by atoms with Gasteiger partial charge in [-0.2, -0.15) is 18.2 Å². The number of benzene rings is 2. The van der Waals surface area contributed by atoms with Crippen LogP contribution in [0, 0.1) is 0 Å². The van der Waals surface area contributed by atoms with Crippen LogP contribution in [-0.4, -0.2) is 47.6 Å². The third kappa shape index (κ3) is 8.54. The van der Waals surface area contributed by atoms with Crippen LogP contribution in [0.4, 0.5) is 13.2 Å². The summed E-state index contributed by atoms with van der Waals surface area (Å²) in [5.41, 5.74) is 5.28. The van der Waals surface area contributed by atoms with Crippen molar-refractivity contribution >= 4 is 5.91 Å². The Balaban J connectivity index is 0.000000238. The van der Waals surface area contributed by atoms with Gasteiger partial charge in [-0.25, -0.2) is 0 Å². The Bertz CT molecular complexity index is 990. The summed E-state index contributed by atoms with van der Waals surface area (Å²) >= 11 is 0. The zero-order chi connectivity index (χ0) is 24.3. The van der Waals surface area contributed by atoms with Crippen molar-refractivity contribution in [1.29, 1.82) is 0 Å². The molecule has 0 aliphatic heterocycles. The van der Waals surface area contributed by atoms with E-state index in [9.17, 15) is 18.0 Å². The van der Waals surface area contributed by atoms with Gasteiger partial charge in [0.25, 0.3) is 0 Å². The van der Waals surface area contributed by atoms with Crippen molar-refractivity contribution in [2.24, 2.45) is 5.73 Å². The van der Waals surface area contributed by atoms with Crippen LogP contribution in [0.3, 0.4) is 0 Å². The number of ether oxygens (including phenoxy) is 2. The number of aliphatic hydroxyl groups excluding tert-OH is 1. The Kier molecular flexibility index (Phi) is 9.83. The van der Waals surface area contributed by atoms with E-state index in [1.54, 1.807) is 24.3 Å². The van der Waals surface area contributed by atoms with Crippen molar-refractivity contribution in [1.82, 2.24) is 10.1 Å². The van der Waals surface area contributed by atoms with E-state index in [0.29, 0.717) is 36.7 Å². The molecule has 0 saturated carbocycles. The van der Waals surface area contributed by atoms with Crippen molar-refractivity contribution in [2.45, 2.75) is 19.5 Å². The Morgan fingerprint density at radius 3 is 2.30 bits per heavy atom. The molecule has 1 amide bonds. The van der Waals surface area contributed by atoms with Gasteiger partial charge in [0.15, 0.2) is 0 Å². The van der Waals surface area contributed by atoms with Crippen molar-refractivity contribution in [3.05, 3.63) is 65.5 Å². The first kappa shape index (κ1) is 25.8. The zero-order valence-corrected chi connectivity index (χ0v) is 17.8. The van der Waals surface area contributed by atoms with Crippen molar-refractivity contribution in [3.8, 4) is 17.1 Å². The van der Waals surface area contributed by atoms with Gasteiger partial charge in [0.1, 0.15) is 12.4 Å². The second-order valence-corrected chi connectivity index (χ2v) is 6.49. The third-order valence-corrected chi connectivity index (χ3v) is 4.10. The second kappa shape index (κ2) is 12.6. The molecule has 11 heteroatoms. The molecule has 3 N–H and O–H groups in total. The van der Waals surface area contributed by atoms with Crippen molar-refractivity contribution in [3.63, 3.8) is 0 Å². The van der Waals surface area contributed by atoms with Gasteiger partial charge < -0.3 is 24.8 Å². The Morgan fingerprint density at radius 1 is 1.09 bits per heavy atom. The molecule has 0 spiro atoms. The lowest BCUT2D eigenvalue weighted by molar-refractivity contribution is -0.137. The van der Waals surface area contributed by atoms with Crippen LogP contribution in [0.1, 0.15) is 28.7 Å². The molecule has 8 nitrogen and oxygen atoms in total. The van der Waals surface area contributed by atoms with Crippen LogP contribution in [0.2, 0.25) is 0 Å². The fourth-order valence-electron chi connectivity index (χ4n) is 2.46. The number of nitrogens with two attached hydrogens (primary N) is 1. The van der Waals surface area contributed by atoms with Gasteiger partial charge in [-0.1, -0.05) is 17.3 Å². The molecule has 1 heterocycles. The maximum atomic E-state index is 12.3. The van der Waals surface area contributed by atoms with Gasteiger partial charge in [0, 0.05) is 17.7 Å². The molecule has 0 bridgehead atoms. The standard InChI is InChI=1S/C11H9F3N2O2.C11H15NO3/c12-11(13,14)8-3-1-7(2-4-8)10-15-9(5-6-17)18-16-10;1-2-14-7-8-15-10-5-3-9(4-6-10)11(12)13/h1-4,17H,5-6H2;3-6H,2,7-8H2,1H3,(H2,12,13). The highest BCUT2D eigenvalue weighted by atomic mass is 19.4. The predicted octanol–water partition coefficient (Wildman–Crippen LogP) is 3.49. The molecule has 3 rings (SSSR count). The Morgan fingerprint density at radius 2 is 1.76 bits per heavy atom. The maximum Gasteiger partial charge on any atom is 0.416 e. The number of carbonyl (C=O) groups is 1. The van der Waals surface area contributed by atoms with E-state index in [1.165, 1.54) is 12.1 Å². The number of primary amides is 1. The van der Waals surface area contributed by atoms with Crippen molar-refractivity contribution < 1.29 is 37.1 Å². The first-order chi connectivity index (χ1) is 15.7. The first-order valence-electron chi connectivity index (χ1n) is 9.96. The van der Waals surface area contributed by atoms with E-state index in [0.717, 1.165) is 12.1 Å².